The maximum atomic E-state index is 5.06. The molecule has 0 amide bonds. The van der Waals surface area contributed by atoms with Crippen molar-refractivity contribution in [3.05, 3.63) is 72.8 Å². The minimum Gasteiger partial charge on any atom is -0.324 e. The standard InChI is InChI=1S/C28H32N2S/c1-3-5-6-10-19-30-27-21-25(31-20-4-2)17-18-26(27)29-28(30)24-15-13-23(14-16-24)22-11-8-7-9-12-22/h7-9,11-18,21H,3-6,10,19-20H2,1-2H3. The molecule has 0 aliphatic carbocycles. The minimum absolute atomic E-state index is 1.02. The predicted octanol–water partition coefficient (Wildman–Crippen LogP) is 8.45. The first kappa shape index (κ1) is 21.7. The summed E-state index contributed by atoms with van der Waals surface area (Å²) in [5.74, 6) is 2.24. The third-order valence-electron chi connectivity index (χ3n) is 5.68. The van der Waals surface area contributed by atoms with Gasteiger partial charge >= 0.3 is 0 Å². The summed E-state index contributed by atoms with van der Waals surface area (Å²) < 4.78 is 2.44. The van der Waals surface area contributed by atoms with Crippen LogP contribution in [0.25, 0.3) is 33.5 Å². The Kier molecular flexibility index (Phi) is 7.48. The van der Waals surface area contributed by atoms with Crippen LogP contribution in [-0.4, -0.2) is 15.3 Å². The van der Waals surface area contributed by atoms with Gasteiger partial charge in [0, 0.05) is 17.0 Å². The second-order valence-electron chi connectivity index (χ2n) is 8.09. The van der Waals surface area contributed by atoms with Gasteiger partial charge in [0.15, 0.2) is 0 Å². The lowest BCUT2D eigenvalue weighted by atomic mass is 10.0. The summed E-state index contributed by atoms with van der Waals surface area (Å²) in [6.45, 7) is 5.53. The van der Waals surface area contributed by atoms with Crippen LogP contribution in [0.2, 0.25) is 0 Å². The van der Waals surface area contributed by atoms with E-state index in [1.807, 2.05) is 11.8 Å². The Morgan fingerprint density at radius 2 is 1.48 bits per heavy atom. The van der Waals surface area contributed by atoms with Crippen LogP contribution in [0.3, 0.4) is 0 Å². The number of hydrogen-bond acceptors (Lipinski definition) is 2. The fourth-order valence-corrected chi connectivity index (χ4v) is 4.80. The summed E-state index contributed by atoms with van der Waals surface area (Å²) in [6.07, 6.45) is 6.22. The molecule has 0 bridgehead atoms. The molecule has 1 aromatic heterocycles. The van der Waals surface area contributed by atoms with Crippen LogP contribution in [-0.2, 0) is 6.54 Å². The van der Waals surface area contributed by atoms with Crippen molar-refractivity contribution in [3.8, 4) is 22.5 Å². The van der Waals surface area contributed by atoms with Crippen LogP contribution < -0.4 is 0 Å². The van der Waals surface area contributed by atoms with Crippen molar-refractivity contribution in [3.63, 3.8) is 0 Å². The Labute approximate surface area is 190 Å². The first-order chi connectivity index (χ1) is 15.3. The molecule has 0 radical (unpaired) electrons. The van der Waals surface area contributed by atoms with Gasteiger partial charge in [0.05, 0.1) is 11.0 Å². The zero-order valence-electron chi connectivity index (χ0n) is 18.7. The van der Waals surface area contributed by atoms with E-state index in [-0.39, 0.29) is 0 Å². The van der Waals surface area contributed by atoms with Crippen molar-refractivity contribution in [1.29, 1.82) is 0 Å². The van der Waals surface area contributed by atoms with Crippen molar-refractivity contribution in [2.45, 2.75) is 57.4 Å². The first-order valence-electron chi connectivity index (χ1n) is 11.6. The Balaban J connectivity index is 1.69. The quantitative estimate of drug-likeness (QED) is 0.186. The van der Waals surface area contributed by atoms with Gasteiger partial charge in [0.1, 0.15) is 5.82 Å². The molecule has 0 spiro atoms. The molecule has 0 fully saturated rings. The highest BCUT2D eigenvalue weighted by Gasteiger charge is 2.13. The van der Waals surface area contributed by atoms with Gasteiger partial charge in [-0.2, -0.15) is 0 Å². The third kappa shape index (κ3) is 5.22. The molecular formula is C28H32N2S. The number of benzene rings is 3. The highest BCUT2D eigenvalue weighted by atomic mass is 32.2. The molecule has 0 saturated carbocycles. The van der Waals surface area contributed by atoms with Crippen LogP contribution in [0.15, 0.2) is 77.7 Å². The molecular weight excluding hydrogens is 396 g/mol. The van der Waals surface area contributed by atoms with Crippen molar-refractivity contribution in [2.75, 3.05) is 5.75 Å². The maximum Gasteiger partial charge on any atom is 0.141 e. The highest BCUT2D eigenvalue weighted by molar-refractivity contribution is 7.99. The van der Waals surface area contributed by atoms with Gasteiger partial charge in [-0.1, -0.05) is 87.7 Å². The molecule has 31 heavy (non-hydrogen) atoms. The monoisotopic (exact) mass is 428 g/mol. The first-order valence-corrected chi connectivity index (χ1v) is 12.6. The Morgan fingerprint density at radius 3 is 2.23 bits per heavy atom. The van der Waals surface area contributed by atoms with Crippen LogP contribution >= 0.6 is 11.8 Å². The van der Waals surface area contributed by atoms with E-state index in [1.54, 1.807) is 0 Å². The minimum atomic E-state index is 1.02. The number of hydrogen-bond donors (Lipinski definition) is 0. The summed E-state index contributed by atoms with van der Waals surface area (Å²) in [7, 11) is 0. The lowest BCUT2D eigenvalue weighted by Crippen LogP contribution is -2.01. The van der Waals surface area contributed by atoms with Crippen LogP contribution in [0, 0.1) is 0 Å². The van der Waals surface area contributed by atoms with Crippen LogP contribution in [0.4, 0.5) is 0 Å². The Morgan fingerprint density at radius 1 is 0.742 bits per heavy atom. The van der Waals surface area contributed by atoms with Gasteiger partial charge in [0.2, 0.25) is 0 Å². The normalized spacial score (nSPS) is 11.3. The third-order valence-corrected chi connectivity index (χ3v) is 6.88. The van der Waals surface area contributed by atoms with E-state index < -0.39 is 0 Å². The fourth-order valence-electron chi connectivity index (χ4n) is 4.00. The molecule has 3 heteroatoms. The molecule has 0 saturated heterocycles. The van der Waals surface area contributed by atoms with E-state index in [9.17, 15) is 0 Å². The molecule has 0 unspecified atom stereocenters. The molecule has 0 aliphatic rings. The summed E-state index contributed by atoms with van der Waals surface area (Å²) >= 11 is 1.94. The zero-order chi connectivity index (χ0) is 21.5. The number of nitrogens with zero attached hydrogens (tertiary/aromatic N) is 2. The van der Waals surface area contributed by atoms with Gasteiger partial charge in [0.25, 0.3) is 0 Å². The van der Waals surface area contributed by atoms with Crippen molar-refractivity contribution < 1.29 is 0 Å². The molecule has 0 aliphatic heterocycles. The lowest BCUT2D eigenvalue weighted by Gasteiger charge is -2.11. The summed E-state index contributed by atoms with van der Waals surface area (Å²) in [5.41, 5.74) is 6.04. The van der Waals surface area contributed by atoms with E-state index in [4.69, 9.17) is 4.98 Å². The molecule has 160 valence electrons. The average Bonchev–Trinajstić information content (AvgIpc) is 3.19. The molecule has 4 rings (SSSR count). The zero-order valence-corrected chi connectivity index (χ0v) is 19.5. The van der Waals surface area contributed by atoms with Gasteiger partial charge in [-0.3, -0.25) is 0 Å². The van der Waals surface area contributed by atoms with Gasteiger partial charge < -0.3 is 4.57 Å². The Bertz CT molecular complexity index is 1100. The molecule has 0 N–H and O–H groups in total. The highest BCUT2D eigenvalue weighted by Crippen LogP contribution is 2.30. The van der Waals surface area contributed by atoms with Gasteiger partial charge in [-0.15, -0.1) is 11.8 Å². The summed E-state index contributed by atoms with van der Waals surface area (Å²) in [6, 6.07) is 26.2. The predicted molar refractivity (Wildman–Crippen MR) is 136 cm³/mol. The SMILES string of the molecule is CCCCCCn1c(-c2ccc(-c3ccccc3)cc2)nc2ccc(SCCC)cc21. The second kappa shape index (κ2) is 10.7. The molecule has 2 nitrogen and oxygen atoms in total. The van der Waals surface area contributed by atoms with Crippen LogP contribution in [0.5, 0.6) is 0 Å². The molecule has 4 aromatic rings. The van der Waals surface area contributed by atoms with Crippen molar-refractivity contribution in [1.82, 2.24) is 9.55 Å². The van der Waals surface area contributed by atoms with Crippen molar-refractivity contribution >= 4 is 22.8 Å². The van der Waals surface area contributed by atoms with Crippen LogP contribution in [0.1, 0.15) is 46.0 Å². The molecule has 0 atom stereocenters. The van der Waals surface area contributed by atoms with E-state index in [2.05, 4.69) is 91.2 Å². The topological polar surface area (TPSA) is 17.8 Å². The number of fused-ring (bicyclic) bond motifs is 1. The average molecular weight is 429 g/mol. The van der Waals surface area contributed by atoms with Gasteiger partial charge in [-0.25, -0.2) is 4.98 Å². The number of unbranched alkanes of at least 4 members (excludes halogenated alkanes) is 3. The number of rotatable bonds is 10. The van der Waals surface area contributed by atoms with Gasteiger partial charge in [-0.05, 0) is 47.9 Å². The number of aromatic nitrogens is 2. The largest absolute Gasteiger partial charge is 0.324 e. The Hall–Kier alpha value is -2.52. The van der Waals surface area contributed by atoms with E-state index in [0.717, 1.165) is 23.6 Å². The van der Waals surface area contributed by atoms with E-state index in [0.29, 0.717) is 0 Å². The fraction of sp³-hybridized carbons (Fsp3) is 0.321. The molecule has 3 aromatic carbocycles. The number of imidazole rings is 1. The second-order valence-corrected chi connectivity index (χ2v) is 9.26. The smallest absolute Gasteiger partial charge is 0.141 e. The summed E-state index contributed by atoms with van der Waals surface area (Å²) in [5, 5.41) is 0. The maximum absolute atomic E-state index is 5.06. The van der Waals surface area contributed by atoms with Crippen molar-refractivity contribution in [2.24, 2.45) is 0 Å². The number of thioether (sulfide) groups is 1. The van der Waals surface area contributed by atoms with E-state index >= 15 is 0 Å². The lowest BCUT2D eigenvalue weighted by molar-refractivity contribution is 0.594. The molecule has 1 heterocycles. The summed E-state index contributed by atoms with van der Waals surface area (Å²) in [4.78, 5) is 6.40. The van der Waals surface area contributed by atoms with E-state index in [1.165, 1.54) is 59.2 Å². The number of aryl methyl sites for hydroxylation is 1.